The fraction of sp³-hybridized carbons (Fsp3) is 0.571. The van der Waals surface area contributed by atoms with Crippen molar-refractivity contribution in [1.29, 1.82) is 0 Å². The van der Waals surface area contributed by atoms with E-state index in [1.165, 1.54) is 0 Å². The molecule has 4 nitrogen and oxygen atoms in total. The molecule has 0 fully saturated rings. The summed E-state index contributed by atoms with van der Waals surface area (Å²) in [6, 6.07) is 0. The van der Waals surface area contributed by atoms with Crippen molar-refractivity contribution in [2.24, 2.45) is 0 Å². The third kappa shape index (κ3) is 1.58. The summed E-state index contributed by atoms with van der Waals surface area (Å²) in [5.74, 6) is 0. The second-order valence-electron chi connectivity index (χ2n) is 2.30. The van der Waals surface area contributed by atoms with Crippen LogP contribution in [0.25, 0.3) is 0 Å². The monoisotopic (exact) mass is 156 g/mol. The van der Waals surface area contributed by atoms with Crippen LogP contribution in [0.2, 0.25) is 0 Å². The van der Waals surface area contributed by atoms with Crippen LogP contribution in [-0.2, 0) is 6.54 Å². The lowest BCUT2D eigenvalue weighted by Crippen LogP contribution is -2.08. The van der Waals surface area contributed by atoms with E-state index >= 15 is 0 Å². The van der Waals surface area contributed by atoms with Crippen LogP contribution in [0.3, 0.4) is 0 Å². The molecule has 1 aromatic rings. The van der Waals surface area contributed by atoms with Gasteiger partial charge in [0.25, 0.3) is 0 Å². The van der Waals surface area contributed by atoms with Gasteiger partial charge in [0.1, 0.15) is 6.10 Å². The first-order valence-corrected chi connectivity index (χ1v) is 3.58. The summed E-state index contributed by atoms with van der Waals surface area (Å²) in [6.45, 7) is 2.45. The molecule has 1 atom stereocenters. The Labute approximate surface area is 65.1 Å². The number of rotatable bonds is 3. The molecule has 1 rings (SSSR count). The molecular formula is C7H12N2O2. The highest BCUT2D eigenvalue weighted by Gasteiger charge is 2.09. The molecule has 0 saturated carbocycles. The van der Waals surface area contributed by atoms with Crippen molar-refractivity contribution in [3.63, 3.8) is 0 Å². The second kappa shape index (κ2) is 3.50. The Morgan fingerprint density at radius 3 is 3.00 bits per heavy atom. The zero-order chi connectivity index (χ0) is 8.27. The number of nitrogens with zero attached hydrogens (tertiary/aromatic N) is 2. The molecule has 0 aliphatic heterocycles. The van der Waals surface area contributed by atoms with Crippen LogP contribution >= 0.6 is 0 Å². The van der Waals surface area contributed by atoms with Crippen LogP contribution in [0.1, 0.15) is 18.7 Å². The first kappa shape index (κ1) is 8.23. The van der Waals surface area contributed by atoms with E-state index in [2.05, 4.69) is 4.98 Å². The normalized spacial score (nSPS) is 13.4. The van der Waals surface area contributed by atoms with E-state index < -0.39 is 6.10 Å². The van der Waals surface area contributed by atoms with Crippen molar-refractivity contribution >= 4 is 0 Å². The van der Waals surface area contributed by atoms with Gasteiger partial charge in [-0.3, -0.25) is 0 Å². The smallest absolute Gasteiger partial charge is 0.118 e. The maximum Gasteiger partial charge on any atom is 0.118 e. The van der Waals surface area contributed by atoms with Gasteiger partial charge in [0.05, 0.1) is 24.8 Å². The molecule has 1 unspecified atom stereocenters. The molecule has 0 aliphatic carbocycles. The standard InChI is InChI=1S/C7H12N2O2/c1-2-9-5-8-3-6(9)7(11)4-10/h3,5,7,10-11H,2,4H2,1H3. The lowest BCUT2D eigenvalue weighted by molar-refractivity contribution is 0.0893. The fourth-order valence-electron chi connectivity index (χ4n) is 0.966. The molecule has 2 N–H and O–H groups in total. The zero-order valence-corrected chi connectivity index (χ0v) is 6.44. The average Bonchev–Trinajstić information content (AvgIpc) is 2.50. The van der Waals surface area contributed by atoms with E-state index in [0.717, 1.165) is 6.54 Å². The van der Waals surface area contributed by atoms with E-state index in [0.29, 0.717) is 5.69 Å². The van der Waals surface area contributed by atoms with Crippen molar-refractivity contribution in [2.75, 3.05) is 6.61 Å². The summed E-state index contributed by atoms with van der Waals surface area (Å²) in [7, 11) is 0. The molecule has 0 radical (unpaired) electrons. The molecule has 0 amide bonds. The summed E-state index contributed by atoms with van der Waals surface area (Å²) in [4.78, 5) is 3.85. The summed E-state index contributed by atoms with van der Waals surface area (Å²) < 4.78 is 1.79. The summed E-state index contributed by atoms with van der Waals surface area (Å²) in [5, 5.41) is 17.9. The van der Waals surface area contributed by atoms with Crippen LogP contribution in [0.4, 0.5) is 0 Å². The minimum Gasteiger partial charge on any atom is -0.393 e. The van der Waals surface area contributed by atoms with Crippen molar-refractivity contribution in [3.8, 4) is 0 Å². The Hall–Kier alpha value is -0.870. The van der Waals surface area contributed by atoms with E-state index in [1.54, 1.807) is 17.1 Å². The van der Waals surface area contributed by atoms with Crippen LogP contribution in [0.5, 0.6) is 0 Å². The van der Waals surface area contributed by atoms with Gasteiger partial charge in [-0.25, -0.2) is 4.98 Å². The second-order valence-corrected chi connectivity index (χ2v) is 2.30. The quantitative estimate of drug-likeness (QED) is 0.644. The number of aliphatic hydroxyl groups excluding tert-OH is 2. The number of aryl methyl sites for hydroxylation is 1. The predicted molar refractivity (Wildman–Crippen MR) is 39.9 cm³/mol. The van der Waals surface area contributed by atoms with Crippen molar-refractivity contribution < 1.29 is 10.2 Å². The molecule has 0 saturated heterocycles. The van der Waals surface area contributed by atoms with Gasteiger partial charge >= 0.3 is 0 Å². The van der Waals surface area contributed by atoms with Crippen molar-refractivity contribution in [3.05, 3.63) is 18.2 Å². The zero-order valence-electron chi connectivity index (χ0n) is 6.44. The Bertz CT molecular complexity index is 222. The minimum absolute atomic E-state index is 0.258. The molecule has 11 heavy (non-hydrogen) atoms. The van der Waals surface area contributed by atoms with E-state index in [9.17, 15) is 5.11 Å². The molecule has 0 aliphatic rings. The largest absolute Gasteiger partial charge is 0.393 e. The molecule has 0 bridgehead atoms. The lowest BCUT2D eigenvalue weighted by Gasteiger charge is -2.08. The molecule has 62 valence electrons. The summed E-state index contributed by atoms with van der Waals surface area (Å²) in [5.41, 5.74) is 0.662. The maximum atomic E-state index is 9.22. The fourth-order valence-corrected chi connectivity index (χ4v) is 0.966. The molecule has 1 aromatic heterocycles. The first-order chi connectivity index (χ1) is 5.29. The van der Waals surface area contributed by atoms with Crippen molar-refractivity contribution in [2.45, 2.75) is 19.6 Å². The molecular weight excluding hydrogens is 144 g/mol. The Kier molecular flexibility index (Phi) is 2.62. The number of hydrogen-bond donors (Lipinski definition) is 2. The highest BCUT2D eigenvalue weighted by atomic mass is 16.3. The highest BCUT2D eigenvalue weighted by molar-refractivity contribution is 5.02. The number of imidazole rings is 1. The van der Waals surface area contributed by atoms with Crippen molar-refractivity contribution in [1.82, 2.24) is 9.55 Å². The minimum atomic E-state index is -0.808. The van der Waals surface area contributed by atoms with E-state index in [-0.39, 0.29) is 6.61 Å². The molecule has 1 heterocycles. The van der Waals surface area contributed by atoms with Gasteiger partial charge in [-0.15, -0.1) is 0 Å². The number of aliphatic hydroxyl groups is 2. The average molecular weight is 156 g/mol. The van der Waals surface area contributed by atoms with Gasteiger partial charge in [0, 0.05) is 6.54 Å². The molecule has 0 aromatic carbocycles. The van der Waals surface area contributed by atoms with Gasteiger partial charge in [0.15, 0.2) is 0 Å². The van der Waals surface area contributed by atoms with Crippen LogP contribution in [0.15, 0.2) is 12.5 Å². The van der Waals surface area contributed by atoms with Gasteiger partial charge in [0.2, 0.25) is 0 Å². The van der Waals surface area contributed by atoms with Crippen LogP contribution in [-0.4, -0.2) is 26.4 Å². The summed E-state index contributed by atoms with van der Waals surface area (Å²) in [6.07, 6.45) is 2.39. The topological polar surface area (TPSA) is 58.3 Å². The number of aromatic nitrogens is 2. The Morgan fingerprint density at radius 2 is 2.45 bits per heavy atom. The van der Waals surface area contributed by atoms with Crippen LogP contribution < -0.4 is 0 Å². The Morgan fingerprint density at radius 1 is 1.73 bits per heavy atom. The first-order valence-electron chi connectivity index (χ1n) is 3.58. The van der Waals surface area contributed by atoms with Gasteiger partial charge in [-0.05, 0) is 6.92 Å². The molecule has 4 heteroatoms. The van der Waals surface area contributed by atoms with Crippen LogP contribution in [0, 0.1) is 0 Å². The van der Waals surface area contributed by atoms with Gasteiger partial charge < -0.3 is 14.8 Å². The van der Waals surface area contributed by atoms with E-state index in [4.69, 9.17) is 5.11 Å². The SMILES string of the molecule is CCn1cncc1C(O)CO. The summed E-state index contributed by atoms with van der Waals surface area (Å²) >= 11 is 0. The molecule has 0 spiro atoms. The number of hydrogen-bond acceptors (Lipinski definition) is 3. The van der Waals surface area contributed by atoms with Gasteiger partial charge in [-0.1, -0.05) is 0 Å². The Balaban J connectivity index is 2.83. The van der Waals surface area contributed by atoms with Gasteiger partial charge in [-0.2, -0.15) is 0 Å². The third-order valence-corrected chi connectivity index (χ3v) is 1.60. The van der Waals surface area contributed by atoms with E-state index in [1.807, 2.05) is 6.92 Å². The lowest BCUT2D eigenvalue weighted by atomic mass is 10.3. The highest BCUT2D eigenvalue weighted by Crippen LogP contribution is 2.10. The predicted octanol–water partition coefficient (Wildman–Crippen LogP) is -0.0713. The maximum absolute atomic E-state index is 9.22. The third-order valence-electron chi connectivity index (χ3n) is 1.60.